The van der Waals surface area contributed by atoms with Crippen molar-refractivity contribution in [2.24, 2.45) is 0 Å². The Kier molecular flexibility index (Phi) is 5.09. The number of para-hydroxylation sites is 1. The van der Waals surface area contributed by atoms with Gasteiger partial charge in [-0.3, -0.25) is 9.38 Å². The highest BCUT2D eigenvalue weighted by Crippen LogP contribution is 2.35. The van der Waals surface area contributed by atoms with Crippen molar-refractivity contribution < 1.29 is 9.22 Å². The van der Waals surface area contributed by atoms with Gasteiger partial charge >= 0.3 is 0 Å². The quantitative estimate of drug-likeness (QED) is 0.789. The summed E-state index contributed by atoms with van der Waals surface area (Å²) in [6.07, 6.45) is 6.43. The van der Waals surface area contributed by atoms with Gasteiger partial charge < -0.3 is 4.74 Å². The van der Waals surface area contributed by atoms with Crippen molar-refractivity contribution >= 4 is 12.4 Å². The summed E-state index contributed by atoms with van der Waals surface area (Å²) in [5, 5.41) is 0. The average molecular weight is 308 g/mol. The Hall–Kier alpha value is -1.29. The van der Waals surface area contributed by atoms with Crippen LogP contribution in [0.5, 0.6) is 5.75 Å². The van der Waals surface area contributed by atoms with Gasteiger partial charge in [0.25, 0.3) is 0 Å². The lowest BCUT2D eigenvalue weighted by Gasteiger charge is -2.37. The van der Waals surface area contributed by atoms with Crippen molar-refractivity contribution in [2.45, 2.75) is 20.4 Å². The maximum absolute atomic E-state index is 5.89. The summed E-state index contributed by atoms with van der Waals surface area (Å²) in [7, 11) is 0. The van der Waals surface area contributed by atoms with Gasteiger partial charge in [0.05, 0.1) is 0 Å². The van der Waals surface area contributed by atoms with E-state index < -0.39 is 0 Å². The third-order valence-electron chi connectivity index (χ3n) is 4.41. The summed E-state index contributed by atoms with van der Waals surface area (Å²) < 4.78 is 6.85. The number of hydrogen-bond donors (Lipinski definition) is 0. The van der Waals surface area contributed by atoms with E-state index in [1.54, 1.807) is 0 Å². The Bertz CT molecular complexity index is 551. The fourth-order valence-electron chi connectivity index (χ4n) is 3.14. The van der Waals surface area contributed by atoms with Crippen molar-refractivity contribution in [3.63, 3.8) is 0 Å². The first-order valence-electron chi connectivity index (χ1n) is 7.47. The van der Waals surface area contributed by atoms with Crippen molar-refractivity contribution in [1.29, 1.82) is 0 Å². The Labute approximate surface area is 133 Å². The first-order chi connectivity index (χ1) is 9.77. The zero-order valence-corrected chi connectivity index (χ0v) is 13.6. The number of ether oxygens (including phenoxy) is 1. The number of quaternary nitrogens is 1. The molecule has 2 aliphatic rings. The standard InChI is InChI=1S/C17H23N2O.ClH/c1-3-18(4-2)14-19-11-7-9-16(19)13-20-17-10-6-5-8-15(17)12-19;/h5-10,13H,3-4,11-12,14H2,1-2H3;1H/q+1;. The van der Waals surface area contributed by atoms with E-state index >= 15 is 0 Å². The average Bonchev–Trinajstić information content (AvgIpc) is 2.79. The van der Waals surface area contributed by atoms with Crippen LogP contribution in [-0.2, 0) is 6.54 Å². The molecule has 114 valence electrons. The molecular formula is C17H24ClN2O+. The Morgan fingerprint density at radius 1 is 1.19 bits per heavy atom. The van der Waals surface area contributed by atoms with E-state index in [0.29, 0.717) is 0 Å². The van der Waals surface area contributed by atoms with Gasteiger partial charge in [0.1, 0.15) is 25.5 Å². The molecule has 3 rings (SSSR count). The van der Waals surface area contributed by atoms with Crippen LogP contribution in [0.4, 0.5) is 0 Å². The molecule has 1 atom stereocenters. The maximum atomic E-state index is 5.89. The third-order valence-corrected chi connectivity index (χ3v) is 4.41. The molecule has 0 saturated carbocycles. The molecule has 0 aromatic heterocycles. The molecule has 1 aromatic rings. The normalized spacial score (nSPS) is 22.7. The molecule has 21 heavy (non-hydrogen) atoms. The van der Waals surface area contributed by atoms with E-state index in [4.69, 9.17) is 4.74 Å². The molecule has 0 radical (unpaired) electrons. The van der Waals surface area contributed by atoms with Gasteiger partial charge in [0.15, 0.2) is 12.0 Å². The molecule has 0 aliphatic carbocycles. The minimum atomic E-state index is 0. The summed E-state index contributed by atoms with van der Waals surface area (Å²) in [6, 6.07) is 8.39. The SMILES string of the molecule is CCN(CC)C[N+]12CC=CC1=COc1ccccc1C2.Cl. The number of benzene rings is 1. The fourth-order valence-corrected chi connectivity index (χ4v) is 3.14. The van der Waals surface area contributed by atoms with Gasteiger partial charge in [-0.15, -0.1) is 12.4 Å². The molecule has 4 heteroatoms. The molecular weight excluding hydrogens is 284 g/mol. The van der Waals surface area contributed by atoms with Crippen LogP contribution in [0.3, 0.4) is 0 Å². The molecule has 0 N–H and O–H groups in total. The van der Waals surface area contributed by atoms with Crippen molar-refractivity contribution in [3.05, 3.63) is 53.9 Å². The van der Waals surface area contributed by atoms with Crippen molar-refractivity contribution in [3.8, 4) is 5.75 Å². The Morgan fingerprint density at radius 2 is 1.95 bits per heavy atom. The summed E-state index contributed by atoms with van der Waals surface area (Å²) in [6.45, 7) is 9.75. The fraction of sp³-hybridized carbons (Fsp3) is 0.412. The van der Waals surface area contributed by atoms with Gasteiger partial charge in [-0.1, -0.05) is 26.0 Å². The molecule has 0 bridgehead atoms. The predicted molar refractivity (Wildman–Crippen MR) is 88.2 cm³/mol. The molecule has 2 heterocycles. The largest absolute Gasteiger partial charge is 0.458 e. The zero-order chi connectivity index (χ0) is 14.0. The monoisotopic (exact) mass is 307 g/mol. The second-order valence-corrected chi connectivity index (χ2v) is 5.60. The van der Waals surface area contributed by atoms with Crippen LogP contribution in [0.15, 0.2) is 48.4 Å². The minimum absolute atomic E-state index is 0. The van der Waals surface area contributed by atoms with Crippen LogP contribution < -0.4 is 4.74 Å². The predicted octanol–water partition coefficient (Wildman–Crippen LogP) is 3.53. The summed E-state index contributed by atoms with van der Waals surface area (Å²) in [5.41, 5.74) is 2.59. The van der Waals surface area contributed by atoms with Crippen LogP contribution in [-0.4, -0.2) is 35.7 Å². The van der Waals surface area contributed by atoms with E-state index in [1.165, 1.54) is 11.3 Å². The highest BCUT2D eigenvalue weighted by atomic mass is 35.5. The number of rotatable bonds is 4. The van der Waals surface area contributed by atoms with Crippen molar-refractivity contribution in [1.82, 2.24) is 4.90 Å². The highest BCUT2D eigenvalue weighted by Gasteiger charge is 2.38. The summed E-state index contributed by atoms with van der Waals surface area (Å²) in [4.78, 5) is 2.49. The van der Waals surface area contributed by atoms with E-state index in [9.17, 15) is 0 Å². The van der Waals surface area contributed by atoms with Gasteiger partial charge in [-0.2, -0.15) is 0 Å². The van der Waals surface area contributed by atoms with Gasteiger partial charge in [-0.05, 0) is 18.2 Å². The first kappa shape index (κ1) is 16.1. The second-order valence-electron chi connectivity index (χ2n) is 5.60. The Morgan fingerprint density at radius 3 is 2.71 bits per heavy atom. The zero-order valence-electron chi connectivity index (χ0n) is 12.8. The van der Waals surface area contributed by atoms with Gasteiger partial charge in [0, 0.05) is 24.7 Å². The third kappa shape index (κ3) is 3.00. The van der Waals surface area contributed by atoms with Gasteiger partial charge in [0.2, 0.25) is 0 Å². The van der Waals surface area contributed by atoms with Gasteiger partial charge in [-0.25, -0.2) is 0 Å². The van der Waals surface area contributed by atoms with Crippen molar-refractivity contribution in [2.75, 3.05) is 26.3 Å². The maximum Gasteiger partial charge on any atom is 0.169 e. The van der Waals surface area contributed by atoms with E-state index in [0.717, 1.165) is 43.1 Å². The van der Waals surface area contributed by atoms with E-state index in [-0.39, 0.29) is 12.4 Å². The lowest BCUT2D eigenvalue weighted by Crippen LogP contribution is -2.50. The van der Waals surface area contributed by atoms with Crippen LogP contribution >= 0.6 is 12.4 Å². The number of allylic oxidation sites excluding steroid dienone is 1. The molecule has 3 nitrogen and oxygen atoms in total. The lowest BCUT2D eigenvalue weighted by atomic mass is 10.1. The van der Waals surface area contributed by atoms with E-state index in [2.05, 4.69) is 49.1 Å². The van der Waals surface area contributed by atoms with E-state index in [1.807, 2.05) is 12.3 Å². The number of halogens is 1. The molecule has 0 fully saturated rings. The first-order valence-corrected chi connectivity index (χ1v) is 7.47. The molecule has 0 saturated heterocycles. The molecule has 1 aromatic carbocycles. The molecule has 0 amide bonds. The Balaban J connectivity index is 0.00000161. The van der Waals surface area contributed by atoms with Crippen LogP contribution in [0.2, 0.25) is 0 Å². The summed E-state index contributed by atoms with van der Waals surface area (Å²) in [5.74, 6) is 1.000. The second kappa shape index (κ2) is 6.65. The lowest BCUT2D eigenvalue weighted by molar-refractivity contribution is -0.903. The van der Waals surface area contributed by atoms with Crippen LogP contribution in [0, 0.1) is 0 Å². The molecule has 2 aliphatic heterocycles. The topological polar surface area (TPSA) is 12.5 Å². The smallest absolute Gasteiger partial charge is 0.169 e. The molecule has 0 spiro atoms. The highest BCUT2D eigenvalue weighted by molar-refractivity contribution is 5.85. The van der Waals surface area contributed by atoms with Crippen LogP contribution in [0.1, 0.15) is 19.4 Å². The van der Waals surface area contributed by atoms with Crippen LogP contribution in [0.25, 0.3) is 0 Å². The number of nitrogens with zero attached hydrogens (tertiary/aromatic N) is 2. The number of fused-ring (bicyclic) bond motifs is 2. The number of hydrogen-bond acceptors (Lipinski definition) is 2. The molecule has 1 unspecified atom stereocenters. The minimum Gasteiger partial charge on any atom is -0.458 e. The summed E-state index contributed by atoms with van der Waals surface area (Å²) >= 11 is 0.